The molecule has 0 unspecified atom stereocenters. The summed E-state index contributed by atoms with van der Waals surface area (Å²) in [5, 5.41) is 0. The van der Waals surface area contributed by atoms with E-state index >= 15 is 0 Å². The molecule has 0 saturated carbocycles. The largest absolute Gasteiger partial charge is 0.496 e. The molecule has 0 radical (unpaired) electrons. The first-order chi connectivity index (χ1) is 10.7. The molecule has 0 aliphatic heterocycles. The topological polar surface area (TPSA) is 61.2 Å². The minimum absolute atomic E-state index is 0.162. The number of ether oxygens (including phenoxy) is 1. The van der Waals surface area contributed by atoms with Crippen molar-refractivity contribution in [2.75, 3.05) is 7.11 Å². The number of benzene rings is 1. The van der Waals surface area contributed by atoms with E-state index in [-0.39, 0.29) is 5.92 Å². The number of aryl methyl sites for hydroxylation is 3. The molecule has 0 aliphatic rings. The minimum atomic E-state index is -3.67. The Morgan fingerprint density at radius 3 is 2.43 bits per heavy atom. The van der Waals surface area contributed by atoms with E-state index in [4.69, 9.17) is 4.74 Å². The molecule has 1 aromatic carbocycles. The van der Waals surface area contributed by atoms with Crippen molar-refractivity contribution in [2.45, 2.75) is 51.9 Å². The summed E-state index contributed by atoms with van der Waals surface area (Å²) in [6.45, 7) is 9.51. The van der Waals surface area contributed by atoms with Crippen molar-refractivity contribution < 1.29 is 13.2 Å². The fraction of sp³-hybridized carbons (Fsp3) is 0.471. The summed E-state index contributed by atoms with van der Waals surface area (Å²) in [5.74, 6) is 1.42. The molecular weight excluding hydrogens is 312 g/mol. The van der Waals surface area contributed by atoms with Gasteiger partial charge in [-0.05, 0) is 43.0 Å². The van der Waals surface area contributed by atoms with E-state index < -0.39 is 10.0 Å². The van der Waals surface area contributed by atoms with Gasteiger partial charge in [0.05, 0.1) is 17.7 Å². The average Bonchev–Trinajstić information content (AvgIpc) is 2.88. The zero-order valence-electron chi connectivity index (χ0n) is 14.5. The van der Waals surface area contributed by atoms with Crippen molar-refractivity contribution in [1.29, 1.82) is 0 Å². The van der Waals surface area contributed by atoms with Crippen LogP contribution in [0.5, 0.6) is 5.75 Å². The zero-order chi connectivity index (χ0) is 17.4. The van der Waals surface area contributed by atoms with Gasteiger partial charge in [0.2, 0.25) is 0 Å². The van der Waals surface area contributed by atoms with Gasteiger partial charge in [-0.2, -0.15) is 0 Å². The van der Waals surface area contributed by atoms with E-state index in [0.717, 1.165) is 5.56 Å². The molecule has 23 heavy (non-hydrogen) atoms. The molecule has 0 fully saturated rings. The molecule has 5 nitrogen and oxygen atoms in total. The molecule has 0 bridgehead atoms. The quantitative estimate of drug-likeness (QED) is 0.839. The lowest BCUT2D eigenvalue weighted by Crippen LogP contribution is -2.17. The van der Waals surface area contributed by atoms with Crippen LogP contribution in [0.3, 0.4) is 0 Å². The highest BCUT2D eigenvalue weighted by Gasteiger charge is 2.25. The lowest BCUT2D eigenvalue weighted by atomic mass is 10.0. The number of imidazole rings is 1. The third-order valence-corrected chi connectivity index (χ3v) is 5.70. The van der Waals surface area contributed by atoms with E-state index in [0.29, 0.717) is 34.1 Å². The van der Waals surface area contributed by atoms with Crippen LogP contribution in [0.1, 0.15) is 49.3 Å². The van der Waals surface area contributed by atoms with Gasteiger partial charge in [-0.15, -0.1) is 0 Å². The van der Waals surface area contributed by atoms with Crippen LogP contribution in [-0.2, 0) is 16.4 Å². The van der Waals surface area contributed by atoms with Crippen LogP contribution in [0, 0.1) is 13.8 Å². The molecular formula is C17H24N2O3S. The average molecular weight is 336 g/mol. The molecule has 0 aliphatic carbocycles. The molecule has 2 rings (SSSR count). The van der Waals surface area contributed by atoms with Gasteiger partial charge in [0.15, 0.2) is 0 Å². The van der Waals surface area contributed by atoms with Gasteiger partial charge in [0.1, 0.15) is 11.6 Å². The summed E-state index contributed by atoms with van der Waals surface area (Å²) in [4.78, 5) is 4.60. The first-order valence-corrected chi connectivity index (χ1v) is 9.15. The number of rotatable bonds is 5. The molecule has 0 spiro atoms. The maximum absolute atomic E-state index is 13.1. The predicted molar refractivity (Wildman–Crippen MR) is 90.7 cm³/mol. The van der Waals surface area contributed by atoms with Crippen LogP contribution < -0.4 is 4.74 Å². The number of hydrogen-bond acceptors (Lipinski definition) is 4. The summed E-state index contributed by atoms with van der Waals surface area (Å²) in [6, 6.07) is 3.51. The second-order valence-corrected chi connectivity index (χ2v) is 7.75. The number of aromatic nitrogens is 2. The van der Waals surface area contributed by atoms with Gasteiger partial charge < -0.3 is 4.74 Å². The molecule has 2 aromatic rings. The Labute approximate surface area is 138 Å². The Morgan fingerprint density at radius 2 is 1.91 bits per heavy atom. The Kier molecular flexibility index (Phi) is 4.84. The number of methoxy groups -OCH3 is 1. The SMILES string of the molecule is CCc1nc(C)cn1S(=O)(=O)c1cc(C(C)C)c(OC)cc1C. The van der Waals surface area contributed by atoms with Crippen LogP contribution in [0.25, 0.3) is 0 Å². The van der Waals surface area contributed by atoms with Gasteiger partial charge in [0, 0.05) is 12.6 Å². The van der Waals surface area contributed by atoms with E-state index in [9.17, 15) is 8.42 Å². The fourth-order valence-corrected chi connectivity index (χ4v) is 4.35. The number of nitrogens with zero attached hydrogens (tertiary/aromatic N) is 2. The van der Waals surface area contributed by atoms with Crippen molar-refractivity contribution in [3.63, 3.8) is 0 Å². The molecule has 1 heterocycles. The van der Waals surface area contributed by atoms with Crippen LogP contribution in [-0.4, -0.2) is 24.5 Å². The third kappa shape index (κ3) is 3.13. The second-order valence-electron chi connectivity index (χ2n) is 5.97. The molecule has 0 amide bonds. The Hall–Kier alpha value is -1.82. The van der Waals surface area contributed by atoms with Crippen molar-refractivity contribution in [3.05, 3.63) is 41.0 Å². The minimum Gasteiger partial charge on any atom is -0.496 e. The highest BCUT2D eigenvalue weighted by molar-refractivity contribution is 7.90. The Bertz CT molecular complexity index is 821. The molecule has 0 saturated heterocycles. The van der Waals surface area contributed by atoms with Crippen LogP contribution >= 0.6 is 0 Å². The third-order valence-electron chi connectivity index (χ3n) is 3.87. The van der Waals surface area contributed by atoms with Crippen LogP contribution in [0.15, 0.2) is 23.2 Å². The second kappa shape index (κ2) is 6.35. The van der Waals surface area contributed by atoms with Gasteiger partial charge in [-0.3, -0.25) is 0 Å². The van der Waals surface area contributed by atoms with Crippen molar-refractivity contribution >= 4 is 10.0 Å². The lowest BCUT2D eigenvalue weighted by molar-refractivity contribution is 0.406. The molecule has 1 aromatic heterocycles. The fourth-order valence-electron chi connectivity index (χ4n) is 2.66. The summed E-state index contributed by atoms with van der Waals surface area (Å²) in [6.07, 6.45) is 2.13. The monoisotopic (exact) mass is 336 g/mol. The van der Waals surface area contributed by atoms with Crippen LogP contribution in [0.4, 0.5) is 0 Å². The first-order valence-electron chi connectivity index (χ1n) is 7.71. The number of hydrogen-bond donors (Lipinski definition) is 0. The molecule has 126 valence electrons. The van der Waals surface area contributed by atoms with Crippen LogP contribution in [0.2, 0.25) is 0 Å². The van der Waals surface area contributed by atoms with Gasteiger partial charge in [0.25, 0.3) is 10.0 Å². The molecule has 0 N–H and O–H groups in total. The van der Waals surface area contributed by atoms with E-state index in [1.54, 1.807) is 39.3 Å². The van der Waals surface area contributed by atoms with Crippen molar-refractivity contribution in [1.82, 2.24) is 8.96 Å². The van der Waals surface area contributed by atoms with E-state index in [1.807, 2.05) is 20.8 Å². The van der Waals surface area contributed by atoms with E-state index in [1.165, 1.54) is 3.97 Å². The maximum atomic E-state index is 13.1. The predicted octanol–water partition coefficient (Wildman–Crippen LogP) is 3.43. The van der Waals surface area contributed by atoms with Gasteiger partial charge in [-0.25, -0.2) is 17.4 Å². The standard InChI is InChI=1S/C17H24N2O3S/c1-7-17-18-13(5)10-19(17)23(20,21)16-9-14(11(2)3)15(22-6)8-12(16)4/h8-11H,7H2,1-6H3. The smallest absolute Gasteiger partial charge is 0.269 e. The highest BCUT2D eigenvalue weighted by Crippen LogP contribution is 2.32. The summed E-state index contributed by atoms with van der Waals surface area (Å²) < 4.78 is 32.9. The molecule has 0 atom stereocenters. The summed E-state index contributed by atoms with van der Waals surface area (Å²) in [5.41, 5.74) is 2.24. The maximum Gasteiger partial charge on any atom is 0.269 e. The summed E-state index contributed by atoms with van der Waals surface area (Å²) >= 11 is 0. The summed E-state index contributed by atoms with van der Waals surface area (Å²) in [7, 11) is -2.07. The Balaban J connectivity index is 2.71. The lowest BCUT2D eigenvalue weighted by Gasteiger charge is -2.17. The zero-order valence-corrected chi connectivity index (χ0v) is 15.4. The normalized spacial score (nSPS) is 12.0. The van der Waals surface area contributed by atoms with Gasteiger partial charge >= 0.3 is 0 Å². The van der Waals surface area contributed by atoms with E-state index in [2.05, 4.69) is 4.98 Å². The Morgan fingerprint density at radius 1 is 1.26 bits per heavy atom. The van der Waals surface area contributed by atoms with Gasteiger partial charge in [-0.1, -0.05) is 20.8 Å². The van der Waals surface area contributed by atoms with Crippen molar-refractivity contribution in [2.24, 2.45) is 0 Å². The van der Waals surface area contributed by atoms with Crippen molar-refractivity contribution in [3.8, 4) is 5.75 Å². The highest BCUT2D eigenvalue weighted by atomic mass is 32.2. The molecule has 6 heteroatoms. The first kappa shape index (κ1) is 17.5.